The van der Waals surface area contributed by atoms with Gasteiger partial charge in [0, 0.05) is 11.6 Å². The van der Waals surface area contributed by atoms with Gasteiger partial charge in [-0.05, 0) is 24.3 Å². The Morgan fingerprint density at radius 1 is 1.06 bits per heavy atom. The maximum atomic E-state index is 12.3. The minimum absolute atomic E-state index is 0.206. The number of pyridine rings is 1. The van der Waals surface area contributed by atoms with Crippen molar-refractivity contribution in [1.82, 2.24) is 14.8 Å². The van der Waals surface area contributed by atoms with E-state index in [9.17, 15) is 4.79 Å². The van der Waals surface area contributed by atoms with Crippen LogP contribution in [0.15, 0.2) is 53.7 Å². The van der Waals surface area contributed by atoms with Crippen LogP contribution in [0.5, 0.6) is 0 Å². The number of fused-ring (bicyclic) bond motifs is 1. The van der Waals surface area contributed by atoms with Crippen LogP contribution >= 0.6 is 11.6 Å². The number of nitrogens with zero attached hydrogens (tertiary/aromatic N) is 3. The zero-order valence-electron chi connectivity index (χ0n) is 9.25. The number of halogens is 1. The Bertz CT molecular complexity index is 768. The van der Waals surface area contributed by atoms with Crippen molar-refractivity contribution in [1.29, 1.82) is 0 Å². The first-order chi connectivity index (χ1) is 8.77. The molecule has 3 aromatic rings. The molecule has 0 aliphatic carbocycles. The molecule has 0 aliphatic heterocycles. The van der Waals surface area contributed by atoms with Crippen LogP contribution in [0.3, 0.4) is 0 Å². The molecule has 0 saturated heterocycles. The molecular weight excluding hydrogens is 250 g/mol. The molecule has 1 aromatic carbocycles. The van der Waals surface area contributed by atoms with Gasteiger partial charge in [-0.25, -0.2) is 0 Å². The second-order valence-electron chi connectivity index (χ2n) is 3.77. The Labute approximate surface area is 107 Å². The maximum absolute atomic E-state index is 12.3. The normalized spacial score (nSPS) is 10.7. The minimum Gasteiger partial charge on any atom is -0.267 e. The van der Waals surface area contributed by atoms with Gasteiger partial charge in [0.05, 0.1) is 28.5 Å². The molecule has 0 spiro atoms. The van der Waals surface area contributed by atoms with Crippen LogP contribution in [0, 0.1) is 0 Å². The van der Waals surface area contributed by atoms with E-state index in [0.29, 0.717) is 21.5 Å². The molecule has 2 heterocycles. The number of rotatable bonds is 1. The minimum atomic E-state index is -0.206. The standard InChI is InChI=1S/C13H8ClN3O/c14-12-5-1-4-10-11(12)8-16-17(13(10)18)9-3-2-6-15-7-9/h1-8H. The van der Waals surface area contributed by atoms with Crippen molar-refractivity contribution >= 4 is 22.4 Å². The quantitative estimate of drug-likeness (QED) is 0.673. The van der Waals surface area contributed by atoms with Crippen LogP contribution in [-0.2, 0) is 0 Å². The molecule has 0 bridgehead atoms. The summed E-state index contributed by atoms with van der Waals surface area (Å²) in [5.74, 6) is 0. The van der Waals surface area contributed by atoms with Gasteiger partial charge >= 0.3 is 0 Å². The highest BCUT2D eigenvalue weighted by atomic mass is 35.5. The SMILES string of the molecule is O=c1c2cccc(Cl)c2cnn1-c1cccnc1. The lowest BCUT2D eigenvalue weighted by Gasteiger charge is -2.05. The summed E-state index contributed by atoms with van der Waals surface area (Å²) < 4.78 is 1.31. The van der Waals surface area contributed by atoms with Gasteiger partial charge in [-0.1, -0.05) is 17.7 Å². The summed E-state index contributed by atoms with van der Waals surface area (Å²) in [6.07, 6.45) is 4.82. The predicted molar refractivity (Wildman–Crippen MR) is 70.1 cm³/mol. The molecule has 0 saturated carbocycles. The zero-order valence-corrected chi connectivity index (χ0v) is 10.0. The van der Waals surface area contributed by atoms with Gasteiger partial charge < -0.3 is 0 Å². The third-order valence-corrected chi connectivity index (χ3v) is 3.00. The van der Waals surface area contributed by atoms with E-state index >= 15 is 0 Å². The van der Waals surface area contributed by atoms with E-state index in [2.05, 4.69) is 10.1 Å². The third-order valence-electron chi connectivity index (χ3n) is 2.67. The molecule has 0 radical (unpaired) electrons. The Morgan fingerprint density at radius 2 is 1.94 bits per heavy atom. The molecule has 0 amide bonds. The Hall–Kier alpha value is -2.20. The maximum Gasteiger partial charge on any atom is 0.279 e. The highest BCUT2D eigenvalue weighted by Gasteiger charge is 2.07. The average Bonchev–Trinajstić information content (AvgIpc) is 2.41. The van der Waals surface area contributed by atoms with Crippen LogP contribution in [-0.4, -0.2) is 14.8 Å². The first kappa shape index (κ1) is 10.9. The summed E-state index contributed by atoms with van der Waals surface area (Å²) in [6, 6.07) is 8.75. The first-order valence-corrected chi connectivity index (χ1v) is 5.72. The van der Waals surface area contributed by atoms with Crippen molar-refractivity contribution in [3.05, 3.63) is 64.3 Å². The van der Waals surface area contributed by atoms with Gasteiger partial charge in [0.1, 0.15) is 0 Å². The first-order valence-electron chi connectivity index (χ1n) is 5.34. The van der Waals surface area contributed by atoms with Gasteiger partial charge in [0.2, 0.25) is 0 Å². The largest absolute Gasteiger partial charge is 0.279 e. The van der Waals surface area contributed by atoms with Gasteiger partial charge in [0.15, 0.2) is 0 Å². The fraction of sp³-hybridized carbons (Fsp3) is 0. The second-order valence-corrected chi connectivity index (χ2v) is 4.18. The van der Waals surface area contributed by atoms with Crippen molar-refractivity contribution < 1.29 is 0 Å². The smallest absolute Gasteiger partial charge is 0.267 e. The summed E-state index contributed by atoms with van der Waals surface area (Å²) in [6.45, 7) is 0. The zero-order chi connectivity index (χ0) is 12.5. The van der Waals surface area contributed by atoms with Crippen molar-refractivity contribution in [3.63, 3.8) is 0 Å². The highest BCUT2D eigenvalue weighted by molar-refractivity contribution is 6.35. The predicted octanol–water partition coefficient (Wildman–Crippen LogP) is 2.43. The van der Waals surface area contributed by atoms with Crippen molar-refractivity contribution in [2.75, 3.05) is 0 Å². The van der Waals surface area contributed by atoms with E-state index in [1.54, 1.807) is 48.9 Å². The third kappa shape index (κ3) is 1.67. The summed E-state index contributed by atoms with van der Waals surface area (Å²) in [5.41, 5.74) is 0.423. The monoisotopic (exact) mass is 257 g/mol. The molecule has 0 atom stereocenters. The molecule has 5 heteroatoms. The molecule has 18 heavy (non-hydrogen) atoms. The molecule has 0 N–H and O–H groups in total. The van der Waals surface area contributed by atoms with Crippen molar-refractivity contribution in [2.45, 2.75) is 0 Å². The lowest BCUT2D eigenvalue weighted by molar-refractivity contribution is 0.816. The van der Waals surface area contributed by atoms with E-state index in [0.717, 1.165) is 0 Å². The van der Waals surface area contributed by atoms with E-state index in [1.165, 1.54) is 4.68 Å². The topological polar surface area (TPSA) is 47.8 Å². The lowest BCUT2D eigenvalue weighted by atomic mass is 10.2. The van der Waals surface area contributed by atoms with Crippen molar-refractivity contribution in [3.8, 4) is 5.69 Å². The van der Waals surface area contributed by atoms with E-state index < -0.39 is 0 Å². The molecule has 0 unspecified atom stereocenters. The fourth-order valence-electron chi connectivity index (χ4n) is 1.80. The Morgan fingerprint density at radius 3 is 2.72 bits per heavy atom. The average molecular weight is 258 g/mol. The molecule has 0 fully saturated rings. The summed E-state index contributed by atoms with van der Waals surface area (Å²) in [7, 11) is 0. The lowest BCUT2D eigenvalue weighted by Crippen LogP contribution is -2.21. The molecule has 88 valence electrons. The van der Waals surface area contributed by atoms with Gasteiger partial charge in [-0.2, -0.15) is 9.78 Å². The van der Waals surface area contributed by atoms with Gasteiger partial charge in [0.25, 0.3) is 5.56 Å². The molecule has 0 aliphatic rings. The molecule has 3 rings (SSSR count). The molecule has 4 nitrogen and oxygen atoms in total. The van der Waals surface area contributed by atoms with Crippen LogP contribution in [0.2, 0.25) is 5.02 Å². The fourth-order valence-corrected chi connectivity index (χ4v) is 2.02. The van der Waals surface area contributed by atoms with E-state index in [4.69, 9.17) is 11.6 Å². The van der Waals surface area contributed by atoms with Crippen LogP contribution in [0.25, 0.3) is 16.5 Å². The Balaban J connectivity index is 2.35. The number of hydrogen-bond donors (Lipinski definition) is 0. The van der Waals surface area contributed by atoms with Gasteiger partial charge in [-0.3, -0.25) is 9.78 Å². The molecular formula is C13H8ClN3O. The Kier molecular flexibility index (Phi) is 2.57. The second kappa shape index (κ2) is 4.23. The van der Waals surface area contributed by atoms with E-state index in [-0.39, 0.29) is 5.56 Å². The van der Waals surface area contributed by atoms with E-state index in [1.807, 2.05) is 0 Å². The summed E-state index contributed by atoms with van der Waals surface area (Å²) in [4.78, 5) is 16.3. The number of aromatic nitrogens is 3. The number of hydrogen-bond acceptors (Lipinski definition) is 3. The van der Waals surface area contributed by atoms with Gasteiger partial charge in [-0.15, -0.1) is 0 Å². The summed E-state index contributed by atoms with van der Waals surface area (Å²) >= 11 is 6.03. The van der Waals surface area contributed by atoms with Crippen LogP contribution < -0.4 is 5.56 Å². The summed E-state index contributed by atoms with van der Waals surface area (Å²) in [5, 5.41) is 5.84. The van der Waals surface area contributed by atoms with Crippen LogP contribution in [0.4, 0.5) is 0 Å². The van der Waals surface area contributed by atoms with Crippen LogP contribution in [0.1, 0.15) is 0 Å². The van der Waals surface area contributed by atoms with Crippen molar-refractivity contribution in [2.24, 2.45) is 0 Å². The number of benzene rings is 1. The highest BCUT2D eigenvalue weighted by Crippen LogP contribution is 2.19. The molecule has 2 aromatic heterocycles.